The second-order valence-electron chi connectivity index (χ2n) is 8.18. The molecule has 3 aromatic rings. The van der Waals surface area contributed by atoms with Crippen LogP contribution in [0.5, 0.6) is 5.75 Å². The number of benzene rings is 2. The van der Waals surface area contributed by atoms with E-state index in [1.165, 1.54) is 30.3 Å². The number of rotatable bonds is 9. The summed E-state index contributed by atoms with van der Waals surface area (Å²) in [7, 11) is 0. The van der Waals surface area contributed by atoms with Crippen molar-refractivity contribution in [3.63, 3.8) is 0 Å². The summed E-state index contributed by atoms with van der Waals surface area (Å²) < 4.78 is 11.4. The fourth-order valence-electron chi connectivity index (χ4n) is 3.74. The Morgan fingerprint density at radius 3 is 2.26 bits per heavy atom. The van der Waals surface area contributed by atoms with Crippen LogP contribution in [0.1, 0.15) is 18.9 Å². The summed E-state index contributed by atoms with van der Waals surface area (Å²) in [5.74, 6) is 1.29. The van der Waals surface area contributed by atoms with Crippen LogP contribution in [0.4, 0.5) is 17.5 Å². The molecule has 9 heteroatoms. The van der Waals surface area contributed by atoms with Gasteiger partial charge in [-0.1, -0.05) is 48.9 Å². The van der Waals surface area contributed by atoms with Gasteiger partial charge >= 0.3 is 0 Å². The van der Waals surface area contributed by atoms with Crippen molar-refractivity contribution in [3.8, 4) is 5.75 Å². The summed E-state index contributed by atoms with van der Waals surface area (Å²) in [6, 6.07) is 20.1. The van der Waals surface area contributed by atoms with Crippen LogP contribution in [0.15, 0.2) is 60.7 Å². The van der Waals surface area contributed by atoms with Crippen LogP contribution in [0.3, 0.4) is 0 Å². The van der Waals surface area contributed by atoms with Crippen LogP contribution in [0.2, 0.25) is 5.15 Å². The fourth-order valence-corrected chi connectivity index (χ4v) is 3.93. The third-order valence-corrected chi connectivity index (χ3v) is 5.65. The molecular formula is C26H35ClN6O2. The molecule has 0 bridgehead atoms. The van der Waals surface area contributed by atoms with Crippen molar-refractivity contribution >= 4 is 29.1 Å². The van der Waals surface area contributed by atoms with Crippen molar-refractivity contribution in [3.05, 3.63) is 71.4 Å². The molecule has 35 heavy (non-hydrogen) atoms. The number of halogens is 1. The molecule has 1 saturated heterocycles. The minimum absolute atomic E-state index is 0.0972. The van der Waals surface area contributed by atoms with Crippen LogP contribution in [0.25, 0.3) is 0 Å². The first kappa shape index (κ1) is 26.5. The molecule has 0 spiro atoms. The zero-order valence-corrected chi connectivity index (χ0v) is 21.0. The summed E-state index contributed by atoms with van der Waals surface area (Å²) in [6.45, 7) is 9.78. The van der Waals surface area contributed by atoms with Gasteiger partial charge in [-0.15, -0.1) is 0 Å². The zero-order valence-electron chi connectivity index (χ0n) is 20.3. The number of nitrogens with zero attached hydrogens (tertiary/aromatic N) is 4. The Hall–Kier alpha value is -3.07. The topological polar surface area (TPSA) is 103 Å². The molecule has 0 radical (unpaired) electrons. The average Bonchev–Trinajstić information content (AvgIpc) is 2.85. The van der Waals surface area contributed by atoms with Gasteiger partial charge in [-0.05, 0) is 42.8 Å². The smallest absolute Gasteiger partial charge is 0.223 e. The predicted octanol–water partition coefficient (Wildman–Crippen LogP) is 4.11. The summed E-state index contributed by atoms with van der Waals surface area (Å²) in [5, 5.41) is 0.264. The minimum atomic E-state index is 0.0972. The maximum Gasteiger partial charge on any atom is 0.223 e. The average molecular weight is 499 g/mol. The maximum absolute atomic E-state index is 5.78. The Morgan fingerprint density at radius 2 is 1.63 bits per heavy atom. The first-order valence-electron chi connectivity index (χ1n) is 11.9. The van der Waals surface area contributed by atoms with E-state index < -0.39 is 0 Å². The molecule has 8 nitrogen and oxygen atoms in total. The monoisotopic (exact) mass is 498 g/mol. The molecule has 4 rings (SSSR count). The van der Waals surface area contributed by atoms with Gasteiger partial charge in [0.2, 0.25) is 5.95 Å². The number of aromatic nitrogens is 2. The second kappa shape index (κ2) is 14.4. The fraction of sp³-hybridized carbons (Fsp3) is 0.385. The third kappa shape index (κ3) is 9.60. The highest BCUT2D eigenvalue weighted by molar-refractivity contribution is 6.29. The largest absolute Gasteiger partial charge is 0.491 e. The van der Waals surface area contributed by atoms with Crippen molar-refractivity contribution in [2.75, 3.05) is 62.3 Å². The lowest BCUT2D eigenvalue weighted by Gasteiger charge is -2.36. The number of piperazine rings is 1. The van der Waals surface area contributed by atoms with Gasteiger partial charge in [-0.3, -0.25) is 4.90 Å². The van der Waals surface area contributed by atoms with E-state index in [2.05, 4.69) is 63.1 Å². The Morgan fingerprint density at radius 1 is 0.914 bits per heavy atom. The van der Waals surface area contributed by atoms with Crippen molar-refractivity contribution in [2.24, 2.45) is 0 Å². The molecule has 188 valence electrons. The van der Waals surface area contributed by atoms with Gasteiger partial charge < -0.3 is 25.8 Å². The van der Waals surface area contributed by atoms with E-state index in [9.17, 15) is 0 Å². The number of hydrogen-bond acceptors (Lipinski definition) is 8. The van der Waals surface area contributed by atoms with Gasteiger partial charge in [0.25, 0.3) is 0 Å². The van der Waals surface area contributed by atoms with Gasteiger partial charge in [-0.2, -0.15) is 4.98 Å². The van der Waals surface area contributed by atoms with E-state index in [1.54, 1.807) is 0 Å². The molecule has 1 aromatic heterocycles. The van der Waals surface area contributed by atoms with Crippen LogP contribution in [-0.4, -0.2) is 60.8 Å². The lowest BCUT2D eigenvalue weighted by atomic mass is 10.2. The zero-order chi connectivity index (χ0) is 24.9. The Labute approximate surface area is 212 Å². The van der Waals surface area contributed by atoms with E-state index in [0.29, 0.717) is 19.8 Å². The molecule has 0 unspecified atom stereocenters. The van der Waals surface area contributed by atoms with Crippen molar-refractivity contribution in [2.45, 2.75) is 20.0 Å². The molecule has 4 N–H and O–H groups in total. The van der Waals surface area contributed by atoms with E-state index in [-0.39, 0.29) is 16.9 Å². The Bertz CT molecular complexity index is 948. The van der Waals surface area contributed by atoms with E-state index >= 15 is 0 Å². The van der Waals surface area contributed by atoms with Gasteiger partial charge in [-0.25, -0.2) is 4.98 Å². The molecule has 1 fully saturated rings. The number of hydrogen-bond donors (Lipinski definition) is 2. The van der Waals surface area contributed by atoms with Crippen molar-refractivity contribution in [1.82, 2.24) is 14.9 Å². The molecule has 1 aliphatic rings. The minimum Gasteiger partial charge on any atom is -0.491 e. The third-order valence-electron chi connectivity index (χ3n) is 5.45. The van der Waals surface area contributed by atoms with Gasteiger partial charge in [0.1, 0.15) is 23.3 Å². The van der Waals surface area contributed by atoms with Crippen molar-refractivity contribution in [1.29, 1.82) is 0 Å². The Balaban J connectivity index is 0.000000320. The lowest BCUT2D eigenvalue weighted by Crippen LogP contribution is -2.46. The first-order chi connectivity index (χ1) is 17.0. The highest BCUT2D eigenvalue weighted by atomic mass is 35.5. The van der Waals surface area contributed by atoms with Gasteiger partial charge in [0, 0.05) is 37.9 Å². The summed E-state index contributed by atoms with van der Waals surface area (Å²) in [4.78, 5) is 12.2. The van der Waals surface area contributed by atoms with Crippen LogP contribution < -0.4 is 21.1 Å². The lowest BCUT2D eigenvalue weighted by molar-refractivity contribution is 0.0889. The molecule has 0 atom stereocenters. The first-order valence-corrected chi connectivity index (χ1v) is 12.3. The van der Waals surface area contributed by atoms with E-state index in [4.69, 9.17) is 32.5 Å². The number of nitrogen functional groups attached to an aromatic ring is 2. The van der Waals surface area contributed by atoms with Gasteiger partial charge in [0.05, 0.1) is 13.2 Å². The molecule has 0 saturated carbocycles. The summed E-state index contributed by atoms with van der Waals surface area (Å²) >= 11 is 5.44. The predicted molar refractivity (Wildman–Crippen MR) is 143 cm³/mol. The SMILES string of the molecule is CCCN1CCN(c2ccc(OCCOCc3ccccc3)cc2)CC1.Nc1cc(Cl)nc(N)n1. The highest BCUT2D eigenvalue weighted by Gasteiger charge is 2.16. The van der Waals surface area contributed by atoms with Crippen LogP contribution in [0, 0.1) is 0 Å². The molecule has 2 aromatic carbocycles. The van der Waals surface area contributed by atoms with Gasteiger partial charge in [0.15, 0.2) is 0 Å². The number of ether oxygens (including phenoxy) is 2. The van der Waals surface area contributed by atoms with E-state index in [0.717, 1.165) is 31.9 Å². The number of nitrogens with two attached hydrogens (primary N) is 2. The highest BCUT2D eigenvalue weighted by Crippen LogP contribution is 2.21. The summed E-state index contributed by atoms with van der Waals surface area (Å²) in [6.07, 6.45) is 1.24. The Kier molecular flexibility index (Phi) is 10.9. The van der Waals surface area contributed by atoms with E-state index in [1.807, 2.05) is 18.2 Å². The normalized spacial score (nSPS) is 13.7. The maximum atomic E-state index is 5.78. The molecular weight excluding hydrogens is 464 g/mol. The molecule has 1 aliphatic heterocycles. The molecule has 2 heterocycles. The molecule has 0 amide bonds. The van der Waals surface area contributed by atoms with Crippen molar-refractivity contribution < 1.29 is 9.47 Å². The van der Waals surface area contributed by atoms with Crippen LogP contribution in [-0.2, 0) is 11.3 Å². The second-order valence-corrected chi connectivity index (χ2v) is 8.57. The molecule has 0 aliphatic carbocycles. The quantitative estimate of drug-likeness (QED) is 0.335. The summed E-state index contributed by atoms with van der Waals surface area (Å²) in [5.41, 5.74) is 12.9. The number of anilines is 3. The van der Waals surface area contributed by atoms with Crippen LogP contribution >= 0.6 is 11.6 Å². The standard InChI is InChI=1S/C22H30N2O2.C4H5ClN4/c1-2-12-23-13-15-24(16-14-23)21-8-10-22(11-9-21)26-18-17-25-19-20-6-4-3-5-7-20;5-2-1-3(6)9-4(7)8-2/h3-11H,2,12-19H2,1H3;1H,(H4,6,7,8,9).